The summed E-state index contributed by atoms with van der Waals surface area (Å²) in [4.78, 5) is 25.8. The van der Waals surface area contributed by atoms with E-state index in [-0.39, 0.29) is 0 Å². The molecule has 3 rings (SSSR count). The molecule has 0 aliphatic carbocycles. The van der Waals surface area contributed by atoms with Crippen molar-refractivity contribution in [1.82, 2.24) is 14.7 Å². The average molecular weight is 558 g/mol. The number of piperidine rings is 1. The standard InChI is InChI=1S/C21H35N3.2C2HF3O2/c1-18(2)24-16-15-23(17-19(24)3)14-13-22-11-9-21(10-12-22)20-7-5-4-6-8-20;2*3-2(4,5)1(6)7/h4-8,18-19,21H,9-17H2,1-3H3;2*(H,6,7). The second-order valence-electron chi connectivity index (χ2n) is 9.61. The molecule has 0 radical (unpaired) electrons. The topological polar surface area (TPSA) is 84.3 Å². The number of piperazine rings is 1. The van der Waals surface area contributed by atoms with Gasteiger partial charge in [-0.1, -0.05) is 30.3 Å². The summed E-state index contributed by atoms with van der Waals surface area (Å²) in [6, 6.07) is 12.5. The van der Waals surface area contributed by atoms with Crippen LogP contribution in [0.5, 0.6) is 0 Å². The lowest BCUT2D eigenvalue weighted by Crippen LogP contribution is -2.55. The minimum Gasteiger partial charge on any atom is -0.475 e. The number of halogens is 6. The van der Waals surface area contributed by atoms with Gasteiger partial charge in [0.05, 0.1) is 0 Å². The van der Waals surface area contributed by atoms with Crippen LogP contribution in [0.25, 0.3) is 0 Å². The first-order valence-electron chi connectivity index (χ1n) is 12.4. The van der Waals surface area contributed by atoms with Gasteiger partial charge in [0.15, 0.2) is 0 Å². The first kappa shape index (κ1) is 33.6. The molecule has 0 amide bonds. The zero-order valence-corrected chi connectivity index (χ0v) is 21.8. The van der Waals surface area contributed by atoms with Gasteiger partial charge in [-0.05, 0) is 58.2 Å². The van der Waals surface area contributed by atoms with Crippen LogP contribution in [0, 0.1) is 0 Å². The van der Waals surface area contributed by atoms with E-state index in [2.05, 4.69) is 65.8 Å². The predicted octanol–water partition coefficient (Wildman–Crippen LogP) is 4.55. The molecule has 0 spiro atoms. The monoisotopic (exact) mass is 557 g/mol. The summed E-state index contributed by atoms with van der Waals surface area (Å²) in [5, 5.41) is 14.2. The van der Waals surface area contributed by atoms with Crippen LogP contribution in [-0.2, 0) is 9.59 Å². The van der Waals surface area contributed by atoms with Crippen molar-refractivity contribution in [2.24, 2.45) is 0 Å². The van der Waals surface area contributed by atoms with E-state index in [9.17, 15) is 26.3 Å². The highest BCUT2D eigenvalue weighted by molar-refractivity contribution is 5.73. The molecule has 38 heavy (non-hydrogen) atoms. The maximum Gasteiger partial charge on any atom is 0.490 e. The Morgan fingerprint density at radius 3 is 1.68 bits per heavy atom. The Morgan fingerprint density at radius 2 is 1.29 bits per heavy atom. The van der Waals surface area contributed by atoms with Gasteiger partial charge in [0.25, 0.3) is 0 Å². The lowest BCUT2D eigenvalue weighted by molar-refractivity contribution is -0.193. The third kappa shape index (κ3) is 12.4. The molecule has 218 valence electrons. The number of hydrogen-bond acceptors (Lipinski definition) is 5. The highest BCUT2D eigenvalue weighted by atomic mass is 19.4. The number of carboxylic acid groups (broad SMARTS) is 2. The van der Waals surface area contributed by atoms with Crippen molar-refractivity contribution in [3.63, 3.8) is 0 Å². The fraction of sp³-hybridized carbons (Fsp3) is 0.680. The summed E-state index contributed by atoms with van der Waals surface area (Å²) in [5.74, 6) is -4.74. The number of likely N-dealkylation sites (tertiary alicyclic amines) is 1. The third-order valence-electron chi connectivity index (χ3n) is 6.50. The molecule has 2 fully saturated rings. The molecule has 2 heterocycles. The van der Waals surface area contributed by atoms with Gasteiger partial charge < -0.3 is 15.1 Å². The van der Waals surface area contributed by atoms with Crippen molar-refractivity contribution in [1.29, 1.82) is 0 Å². The Labute approximate surface area is 219 Å². The quantitative estimate of drug-likeness (QED) is 0.514. The van der Waals surface area contributed by atoms with Crippen molar-refractivity contribution >= 4 is 11.9 Å². The van der Waals surface area contributed by atoms with Crippen LogP contribution in [0.1, 0.15) is 45.1 Å². The second kappa shape index (κ2) is 15.3. The second-order valence-corrected chi connectivity index (χ2v) is 9.61. The number of benzene rings is 1. The number of hydrogen-bond donors (Lipinski definition) is 2. The molecular weight excluding hydrogens is 520 g/mol. The third-order valence-corrected chi connectivity index (χ3v) is 6.50. The van der Waals surface area contributed by atoms with Gasteiger partial charge in [0.1, 0.15) is 0 Å². The number of carboxylic acids is 2. The maximum absolute atomic E-state index is 10.6. The van der Waals surface area contributed by atoms with E-state index in [1.54, 1.807) is 0 Å². The molecule has 1 aromatic rings. The molecule has 0 saturated carbocycles. The summed E-state index contributed by atoms with van der Waals surface area (Å²) in [5.41, 5.74) is 1.54. The van der Waals surface area contributed by atoms with Crippen LogP contribution >= 0.6 is 0 Å². The Bertz CT molecular complexity index is 820. The zero-order chi connectivity index (χ0) is 29.1. The summed E-state index contributed by atoms with van der Waals surface area (Å²) in [7, 11) is 0. The van der Waals surface area contributed by atoms with Crippen LogP contribution < -0.4 is 0 Å². The van der Waals surface area contributed by atoms with Crippen LogP contribution in [-0.4, -0.2) is 107 Å². The number of alkyl halides is 6. The van der Waals surface area contributed by atoms with Crippen molar-refractivity contribution in [3.8, 4) is 0 Å². The van der Waals surface area contributed by atoms with Crippen LogP contribution in [0.15, 0.2) is 30.3 Å². The van der Waals surface area contributed by atoms with Gasteiger partial charge in [-0.2, -0.15) is 26.3 Å². The molecule has 13 heteroatoms. The Morgan fingerprint density at radius 1 is 0.842 bits per heavy atom. The minimum absolute atomic E-state index is 0.680. The maximum atomic E-state index is 10.6. The van der Waals surface area contributed by atoms with Gasteiger partial charge in [0.2, 0.25) is 0 Å². The van der Waals surface area contributed by atoms with Gasteiger partial charge in [-0.25, -0.2) is 9.59 Å². The summed E-state index contributed by atoms with van der Waals surface area (Å²) in [6.45, 7) is 15.8. The molecular formula is C25H37F6N3O4. The first-order chi connectivity index (χ1) is 17.5. The SMILES string of the molecule is CC(C)N1CCN(CCN2CCC(c3ccccc3)CC2)CC1C.O=C(O)C(F)(F)F.O=C(O)C(F)(F)F. The smallest absolute Gasteiger partial charge is 0.475 e. The van der Waals surface area contributed by atoms with Crippen LogP contribution in [0.3, 0.4) is 0 Å². The van der Waals surface area contributed by atoms with E-state index in [4.69, 9.17) is 19.8 Å². The highest BCUT2D eigenvalue weighted by Crippen LogP contribution is 2.27. The Kier molecular flexibility index (Phi) is 13.5. The van der Waals surface area contributed by atoms with E-state index in [0.717, 1.165) is 5.92 Å². The predicted molar refractivity (Wildman–Crippen MR) is 130 cm³/mol. The molecule has 0 bridgehead atoms. The van der Waals surface area contributed by atoms with Crippen molar-refractivity contribution in [3.05, 3.63) is 35.9 Å². The number of aliphatic carboxylic acids is 2. The Hall–Kier alpha value is -2.38. The first-order valence-corrected chi connectivity index (χ1v) is 12.4. The molecule has 1 aromatic carbocycles. The number of nitrogens with zero attached hydrogens (tertiary/aromatic N) is 3. The van der Waals surface area contributed by atoms with Crippen molar-refractivity contribution in [2.75, 3.05) is 45.8 Å². The van der Waals surface area contributed by atoms with Gasteiger partial charge in [-0.3, -0.25) is 9.80 Å². The fourth-order valence-corrected chi connectivity index (χ4v) is 4.52. The van der Waals surface area contributed by atoms with E-state index >= 15 is 0 Å². The van der Waals surface area contributed by atoms with Gasteiger partial charge in [-0.15, -0.1) is 0 Å². The van der Waals surface area contributed by atoms with E-state index < -0.39 is 24.3 Å². The molecule has 2 aliphatic rings. The summed E-state index contributed by atoms with van der Waals surface area (Å²) < 4.78 is 63.5. The van der Waals surface area contributed by atoms with Crippen molar-refractivity contribution < 1.29 is 46.1 Å². The molecule has 2 saturated heterocycles. The lowest BCUT2D eigenvalue weighted by atomic mass is 9.89. The van der Waals surface area contributed by atoms with Crippen LogP contribution in [0.4, 0.5) is 26.3 Å². The van der Waals surface area contributed by atoms with E-state index in [1.165, 1.54) is 64.2 Å². The normalized spacial score (nSPS) is 20.2. The highest BCUT2D eigenvalue weighted by Gasteiger charge is 2.38. The fourth-order valence-electron chi connectivity index (χ4n) is 4.52. The van der Waals surface area contributed by atoms with E-state index in [0.29, 0.717) is 12.1 Å². The molecule has 1 atom stereocenters. The summed E-state index contributed by atoms with van der Waals surface area (Å²) >= 11 is 0. The Balaban J connectivity index is 0.000000426. The number of rotatable bonds is 5. The zero-order valence-electron chi connectivity index (χ0n) is 21.8. The molecule has 7 nitrogen and oxygen atoms in total. The number of carbonyl (C=O) groups is 2. The van der Waals surface area contributed by atoms with E-state index in [1.807, 2.05) is 0 Å². The van der Waals surface area contributed by atoms with Crippen LogP contribution in [0.2, 0.25) is 0 Å². The molecule has 2 N–H and O–H groups in total. The largest absolute Gasteiger partial charge is 0.490 e. The molecule has 2 aliphatic heterocycles. The molecule has 1 unspecified atom stereocenters. The lowest BCUT2D eigenvalue weighted by Gasteiger charge is -2.43. The van der Waals surface area contributed by atoms with Gasteiger partial charge in [0, 0.05) is 44.8 Å². The average Bonchev–Trinajstić information content (AvgIpc) is 2.83. The van der Waals surface area contributed by atoms with Crippen molar-refractivity contribution in [2.45, 2.75) is 64.0 Å². The van der Waals surface area contributed by atoms with Gasteiger partial charge >= 0.3 is 24.3 Å². The molecule has 0 aromatic heterocycles. The minimum atomic E-state index is -5.08. The summed E-state index contributed by atoms with van der Waals surface area (Å²) in [6.07, 6.45) is -7.52.